The van der Waals surface area contributed by atoms with E-state index in [1.165, 1.54) is 22.1 Å². The first-order valence-corrected chi connectivity index (χ1v) is 11.8. The lowest BCUT2D eigenvalue weighted by Gasteiger charge is -2.26. The Balaban J connectivity index is 1.60. The Labute approximate surface area is 174 Å². The number of amides is 1. The molecule has 0 unspecified atom stereocenters. The molecule has 1 N–H and O–H groups in total. The number of piperidine rings is 1. The van der Waals surface area contributed by atoms with Gasteiger partial charge in [0.25, 0.3) is 0 Å². The molecule has 1 aromatic heterocycles. The molecule has 3 rings (SSSR count). The number of hydrogen-bond donors (Lipinski definition) is 1. The summed E-state index contributed by atoms with van der Waals surface area (Å²) in [6, 6.07) is 6.39. The highest BCUT2D eigenvalue weighted by molar-refractivity contribution is 7.99. The molecule has 2 aromatic rings. The number of nitrogens with zero attached hydrogens (tertiary/aromatic N) is 4. The maximum absolute atomic E-state index is 12.8. The number of benzene rings is 1. The van der Waals surface area contributed by atoms with Crippen LogP contribution in [-0.2, 0) is 26.1 Å². The molecule has 1 fully saturated rings. The van der Waals surface area contributed by atoms with Gasteiger partial charge in [0, 0.05) is 32.4 Å². The molecule has 1 saturated heterocycles. The molecule has 29 heavy (non-hydrogen) atoms. The van der Waals surface area contributed by atoms with Crippen LogP contribution in [0.1, 0.15) is 19.3 Å². The van der Waals surface area contributed by atoms with E-state index in [9.17, 15) is 13.2 Å². The largest absolute Gasteiger partial charge is 0.383 e. The number of rotatable bonds is 9. The molecule has 1 aliphatic heterocycles. The normalized spacial score (nSPS) is 15.3. The van der Waals surface area contributed by atoms with Crippen molar-refractivity contribution < 1.29 is 17.9 Å². The molecule has 0 spiro atoms. The number of carbonyl (C=O) groups excluding carboxylic acids is 1. The summed E-state index contributed by atoms with van der Waals surface area (Å²) < 4.78 is 34.0. The van der Waals surface area contributed by atoms with Crippen molar-refractivity contribution in [2.75, 3.05) is 37.9 Å². The number of nitrogens with one attached hydrogen (secondary N) is 1. The minimum absolute atomic E-state index is 0.134. The van der Waals surface area contributed by atoms with E-state index >= 15 is 0 Å². The second kappa shape index (κ2) is 10.2. The molecule has 0 aliphatic carbocycles. The first-order valence-electron chi connectivity index (χ1n) is 9.40. The van der Waals surface area contributed by atoms with Crippen molar-refractivity contribution in [2.45, 2.75) is 35.9 Å². The summed E-state index contributed by atoms with van der Waals surface area (Å²) in [4.78, 5) is 12.5. The fourth-order valence-corrected chi connectivity index (χ4v) is 5.32. The van der Waals surface area contributed by atoms with Gasteiger partial charge in [-0.05, 0) is 31.0 Å². The summed E-state index contributed by atoms with van der Waals surface area (Å²) in [6.45, 7) is 2.21. The second-order valence-electron chi connectivity index (χ2n) is 6.63. The zero-order valence-electron chi connectivity index (χ0n) is 16.3. The van der Waals surface area contributed by atoms with Crippen molar-refractivity contribution in [3.8, 4) is 0 Å². The Kier molecular flexibility index (Phi) is 7.64. The van der Waals surface area contributed by atoms with Crippen molar-refractivity contribution in [3.63, 3.8) is 0 Å². The highest BCUT2D eigenvalue weighted by Crippen LogP contribution is 2.23. The lowest BCUT2D eigenvalue weighted by atomic mass is 10.2. The minimum atomic E-state index is -3.54. The highest BCUT2D eigenvalue weighted by atomic mass is 32.2. The van der Waals surface area contributed by atoms with Crippen LogP contribution in [0.4, 0.5) is 5.69 Å². The SMILES string of the molecule is COCCn1cnnc1SCC(=O)Nc1cccc(S(=O)(=O)N2CCCCC2)c1. The van der Waals surface area contributed by atoms with E-state index < -0.39 is 10.0 Å². The van der Waals surface area contributed by atoms with Crippen LogP contribution < -0.4 is 5.32 Å². The number of anilines is 1. The first kappa shape index (κ1) is 21.8. The van der Waals surface area contributed by atoms with Gasteiger partial charge in [-0.15, -0.1) is 10.2 Å². The van der Waals surface area contributed by atoms with Crippen LogP contribution in [0.25, 0.3) is 0 Å². The lowest BCUT2D eigenvalue weighted by molar-refractivity contribution is -0.113. The Hall–Kier alpha value is -1.95. The van der Waals surface area contributed by atoms with Gasteiger partial charge in [0.1, 0.15) is 6.33 Å². The number of methoxy groups -OCH3 is 1. The molecule has 0 radical (unpaired) electrons. The van der Waals surface area contributed by atoms with Crippen LogP contribution in [0.15, 0.2) is 40.6 Å². The van der Waals surface area contributed by atoms with E-state index in [1.54, 1.807) is 31.6 Å². The molecule has 9 nitrogen and oxygen atoms in total. The molecular formula is C18H25N5O4S2. The standard InChI is InChI=1S/C18H25N5O4S2/c1-27-11-10-22-14-19-21-18(22)28-13-17(24)20-15-6-5-7-16(12-15)29(25,26)23-8-3-2-4-9-23/h5-7,12,14H,2-4,8-11,13H2,1H3,(H,20,24). The van der Waals surface area contributed by atoms with Crippen LogP contribution >= 0.6 is 11.8 Å². The van der Waals surface area contributed by atoms with Crippen LogP contribution in [-0.4, -0.2) is 66.0 Å². The maximum atomic E-state index is 12.8. The van der Waals surface area contributed by atoms with E-state index in [0.717, 1.165) is 19.3 Å². The van der Waals surface area contributed by atoms with Crippen molar-refractivity contribution in [2.24, 2.45) is 0 Å². The van der Waals surface area contributed by atoms with Gasteiger partial charge < -0.3 is 14.6 Å². The highest BCUT2D eigenvalue weighted by Gasteiger charge is 2.26. The third kappa shape index (κ3) is 5.78. The van der Waals surface area contributed by atoms with Gasteiger partial charge in [-0.25, -0.2) is 8.42 Å². The van der Waals surface area contributed by atoms with Crippen LogP contribution in [0.5, 0.6) is 0 Å². The van der Waals surface area contributed by atoms with Crippen LogP contribution in [0, 0.1) is 0 Å². The minimum Gasteiger partial charge on any atom is -0.383 e. The van der Waals surface area contributed by atoms with E-state index in [2.05, 4.69) is 15.5 Å². The number of sulfonamides is 1. The van der Waals surface area contributed by atoms with Crippen LogP contribution in [0.2, 0.25) is 0 Å². The Morgan fingerprint density at radius 2 is 2.07 bits per heavy atom. The predicted octanol–water partition coefficient (Wildman–Crippen LogP) is 1.83. The van der Waals surface area contributed by atoms with Crippen molar-refractivity contribution in [1.82, 2.24) is 19.1 Å². The first-order chi connectivity index (χ1) is 14.0. The maximum Gasteiger partial charge on any atom is 0.243 e. The predicted molar refractivity (Wildman–Crippen MR) is 110 cm³/mol. The monoisotopic (exact) mass is 439 g/mol. The average Bonchev–Trinajstić information content (AvgIpc) is 3.19. The lowest BCUT2D eigenvalue weighted by Crippen LogP contribution is -2.35. The number of thioether (sulfide) groups is 1. The Morgan fingerprint density at radius 1 is 1.28 bits per heavy atom. The van der Waals surface area contributed by atoms with E-state index in [1.807, 2.05) is 4.57 Å². The number of ether oxygens (including phenoxy) is 1. The van der Waals surface area contributed by atoms with Gasteiger partial charge in [-0.2, -0.15) is 4.31 Å². The molecule has 1 aromatic carbocycles. The molecule has 0 atom stereocenters. The van der Waals surface area contributed by atoms with E-state index in [0.29, 0.717) is 37.1 Å². The third-order valence-corrected chi connectivity index (χ3v) is 7.39. The van der Waals surface area contributed by atoms with Crippen LogP contribution in [0.3, 0.4) is 0 Å². The van der Waals surface area contributed by atoms with Gasteiger partial charge in [0.05, 0.1) is 17.3 Å². The van der Waals surface area contributed by atoms with E-state index in [4.69, 9.17) is 4.74 Å². The molecule has 11 heteroatoms. The molecule has 1 amide bonds. The zero-order chi connectivity index (χ0) is 20.7. The second-order valence-corrected chi connectivity index (χ2v) is 9.51. The van der Waals surface area contributed by atoms with E-state index in [-0.39, 0.29) is 16.6 Å². The topological polar surface area (TPSA) is 106 Å². The van der Waals surface area contributed by atoms with Gasteiger partial charge >= 0.3 is 0 Å². The van der Waals surface area contributed by atoms with Gasteiger partial charge in [0.2, 0.25) is 15.9 Å². The Bertz CT molecular complexity index is 926. The summed E-state index contributed by atoms with van der Waals surface area (Å²) in [7, 11) is -1.92. The fourth-order valence-electron chi connectivity index (χ4n) is 3.01. The summed E-state index contributed by atoms with van der Waals surface area (Å²) in [5.41, 5.74) is 0.453. The number of aromatic nitrogens is 3. The van der Waals surface area contributed by atoms with Gasteiger partial charge in [0.15, 0.2) is 5.16 Å². The van der Waals surface area contributed by atoms with Gasteiger partial charge in [-0.1, -0.05) is 24.2 Å². The molecule has 2 heterocycles. The molecular weight excluding hydrogens is 414 g/mol. The Morgan fingerprint density at radius 3 is 2.83 bits per heavy atom. The zero-order valence-corrected chi connectivity index (χ0v) is 17.9. The van der Waals surface area contributed by atoms with Gasteiger partial charge in [-0.3, -0.25) is 4.79 Å². The fraction of sp³-hybridized carbons (Fsp3) is 0.500. The number of hydrogen-bond acceptors (Lipinski definition) is 7. The van der Waals surface area contributed by atoms with Crippen molar-refractivity contribution in [1.29, 1.82) is 0 Å². The smallest absolute Gasteiger partial charge is 0.243 e. The van der Waals surface area contributed by atoms with Crippen molar-refractivity contribution in [3.05, 3.63) is 30.6 Å². The summed E-state index contributed by atoms with van der Waals surface area (Å²) >= 11 is 1.26. The molecule has 0 bridgehead atoms. The summed E-state index contributed by atoms with van der Waals surface area (Å²) in [6.07, 6.45) is 4.40. The average molecular weight is 440 g/mol. The summed E-state index contributed by atoms with van der Waals surface area (Å²) in [5, 5.41) is 11.2. The molecule has 1 aliphatic rings. The molecule has 0 saturated carbocycles. The third-order valence-electron chi connectivity index (χ3n) is 4.52. The number of carbonyl (C=O) groups is 1. The summed E-state index contributed by atoms with van der Waals surface area (Å²) in [5.74, 6) is -0.113. The quantitative estimate of drug-likeness (QED) is 0.594. The molecule has 158 valence electrons. The van der Waals surface area contributed by atoms with Crippen molar-refractivity contribution >= 4 is 33.4 Å².